The topological polar surface area (TPSA) is 37.6 Å². The molecule has 2 heterocycles. The first-order chi connectivity index (χ1) is 9.76. The molecule has 21 heavy (non-hydrogen) atoms. The zero-order valence-corrected chi connectivity index (χ0v) is 13.6. The zero-order valence-electron chi connectivity index (χ0n) is 12.8. The van der Waals surface area contributed by atoms with Crippen molar-refractivity contribution in [1.29, 1.82) is 0 Å². The van der Waals surface area contributed by atoms with E-state index in [4.69, 9.17) is 0 Å². The summed E-state index contributed by atoms with van der Waals surface area (Å²) in [6.07, 6.45) is 6.55. The monoisotopic (exact) mass is 309 g/mol. The lowest BCUT2D eigenvalue weighted by atomic mass is 10.2. The maximum atomic E-state index is 11.8. The van der Waals surface area contributed by atoms with Crippen LogP contribution in [0.5, 0.6) is 0 Å². The molecule has 0 aromatic carbocycles. The fourth-order valence-corrected chi connectivity index (χ4v) is 2.33. The van der Waals surface area contributed by atoms with Crippen LogP contribution in [-0.4, -0.2) is 22.5 Å². The predicted octanol–water partition coefficient (Wildman–Crippen LogP) is 3.52. The average molecular weight is 310 g/mol. The third-order valence-corrected chi connectivity index (χ3v) is 3.45. The smallest absolute Gasteiger partial charge is 0.275 e. The molecular formula is C16H24ClN3O. The van der Waals surface area contributed by atoms with Crippen LogP contribution < -0.4 is 10.5 Å². The Kier molecular flexibility index (Phi) is 7.23. The summed E-state index contributed by atoms with van der Waals surface area (Å²) in [7, 11) is 0. The van der Waals surface area contributed by atoms with Gasteiger partial charge >= 0.3 is 0 Å². The molecule has 0 bridgehead atoms. The Balaban J connectivity index is 0.00000220. The first-order valence-electron chi connectivity index (χ1n) is 7.49. The van der Waals surface area contributed by atoms with Gasteiger partial charge in [-0.25, -0.2) is 0 Å². The van der Waals surface area contributed by atoms with Crippen LogP contribution in [0.2, 0.25) is 0 Å². The molecule has 0 spiro atoms. The molecule has 0 atom stereocenters. The van der Waals surface area contributed by atoms with Crippen LogP contribution in [0.4, 0.5) is 5.82 Å². The quantitative estimate of drug-likeness (QED) is 0.785. The standard InChI is InChI=1S/C16H23N3O.ClH/c1-3-5-10-18(11-6-4-2)16-13-15(20)17-14-9-7-8-12-19(14)16;/h7-9,12-13H,3-6,10-11H2,1-2H3;1H. The Morgan fingerprint density at radius 1 is 1.14 bits per heavy atom. The van der Waals surface area contributed by atoms with E-state index in [9.17, 15) is 4.79 Å². The normalized spacial score (nSPS) is 10.4. The number of halogens is 1. The molecule has 2 aromatic rings. The minimum Gasteiger partial charge on any atom is -0.358 e. The number of aromatic nitrogens is 2. The number of hydrogen-bond donors (Lipinski definition) is 0. The summed E-state index contributed by atoms with van der Waals surface area (Å²) >= 11 is 0. The summed E-state index contributed by atoms with van der Waals surface area (Å²) in [4.78, 5) is 18.2. The minimum absolute atomic E-state index is 0. The first-order valence-corrected chi connectivity index (χ1v) is 7.49. The molecule has 2 aromatic heterocycles. The molecule has 0 N–H and O–H groups in total. The van der Waals surface area contributed by atoms with Gasteiger partial charge in [-0.2, -0.15) is 4.98 Å². The van der Waals surface area contributed by atoms with E-state index in [0.717, 1.165) is 44.6 Å². The number of fused-ring (bicyclic) bond motifs is 1. The molecule has 2 rings (SSSR count). The van der Waals surface area contributed by atoms with Crippen molar-refractivity contribution in [3.63, 3.8) is 0 Å². The Labute approximate surface area is 132 Å². The van der Waals surface area contributed by atoms with Gasteiger partial charge in [-0.1, -0.05) is 32.8 Å². The van der Waals surface area contributed by atoms with Crippen molar-refractivity contribution in [2.24, 2.45) is 0 Å². The maximum Gasteiger partial charge on any atom is 0.275 e. The van der Waals surface area contributed by atoms with E-state index in [2.05, 4.69) is 23.7 Å². The van der Waals surface area contributed by atoms with E-state index in [1.54, 1.807) is 6.07 Å². The average Bonchev–Trinajstić information content (AvgIpc) is 2.46. The lowest BCUT2D eigenvalue weighted by molar-refractivity contribution is 0.666. The molecule has 0 saturated carbocycles. The second-order valence-electron chi connectivity index (χ2n) is 5.08. The van der Waals surface area contributed by atoms with Gasteiger partial charge in [0, 0.05) is 25.4 Å². The van der Waals surface area contributed by atoms with Gasteiger partial charge in [0.1, 0.15) is 11.5 Å². The van der Waals surface area contributed by atoms with Gasteiger partial charge in [-0.05, 0) is 25.0 Å². The van der Waals surface area contributed by atoms with E-state index >= 15 is 0 Å². The first kappa shape index (κ1) is 17.5. The van der Waals surface area contributed by atoms with E-state index in [0.29, 0.717) is 5.65 Å². The molecule has 0 saturated heterocycles. The van der Waals surface area contributed by atoms with Crippen LogP contribution >= 0.6 is 12.4 Å². The van der Waals surface area contributed by atoms with Crippen LogP contribution in [-0.2, 0) is 0 Å². The number of pyridine rings is 1. The molecule has 116 valence electrons. The van der Waals surface area contributed by atoms with Crippen LogP contribution in [0.25, 0.3) is 5.65 Å². The van der Waals surface area contributed by atoms with Gasteiger partial charge in [0.2, 0.25) is 0 Å². The molecule has 0 aliphatic rings. The lowest BCUT2D eigenvalue weighted by Gasteiger charge is -2.25. The van der Waals surface area contributed by atoms with E-state index in [1.165, 1.54) is 0 Å². The van der Waals surface area contributed by atoms with Gasteiger partial charge in [-0.15, -0.1) is 12.4 Å². The van der Waals surface area contributed by atoms with Crippen molar-refractivity contribution in [2.45, 2.75) is 39.5 Å². The maximum absolute atomic E-state index is 11.8. The van der Waals surface area contributed by atoms with E-state index < -0.39 is 0 Å². The molecule has 0 unspecified atom stereocenters. The minimum atomic E-state index is -0.163. The second kappa shape index (κ2) is 8.67. The molecule has 0 fully saturated rings. The Morgan fingerprint density at radius 2 is 1.81 bits per heavy atom. The molecule has 5 heteroatoms. The van der Waals surface area contributed by atoms with Crippen molar-refractivity contribution in [3.05, 3.63) is 40.8 Å². The third-order valence-electron chi connectivity index (χ3n) is 3.45. The predicted molar refractivity (Wildman–Crippen MR) is 90.7 cm³/mol. The Hall–Kier alpha value is -1.55. The fourth-order valence-electron chi connectivity index (χ4n) is 2.33. The van der Waals surface area contributed by atoms with Crippen molar-refractivity contribution >= 4 is 23.9 Å². The van der Waals surface area contributed by atoms with E-state index in [1.807, 2.05) is 28.8 Å². The highest BCUT2D eigenvalue weighted by atomic mass is 35.5. The fraction of sp³-hybridized carbons (Fsp3) is 0.500. The van der Waals surface area contributed by atoms with Crippen LogP contribution in [0.1, 0.15) is 39.5 Å². The molecule has 0 radical (unpaired) electrons. The largest absolute Gasteiger partial charge is 0.358 e. The molecule has 4 nitrogen and oxygen atoms in total. The Bertz CT molecular complexity index is 604. The highest BCUT2D eigenvalue weighted by Crippen LogP contribution is 2.15. The molecule has 0 aliphatic heterocycles. The summed E-state index contributed by atoms with van der Waals surface area (Å²) in [5, 5.41) is 0. The summed E-state index contributed by atoms with van der Waals surface area (Å²) < 4.78 is 2.01. The zero-order chi connectivity index (χ0) is 14.4. The summed E-state index contributed by atoms with van der Waals surface area (Å²) in [6.45, 7) is 6.34. The second-order valence-corrected chi connectivity index (χ2v) is 5.08. The van der Waals surface area contributed by atoms with Crippen LogP contribution in [0, 0.1) is 0 Å². The van der Waals surface area contributed by atoms with Gasteiger partial charge in [-0.3, -0.25) is 9.20 Å². The third kappa shape index (κ3) is 4.46. The molecule has 0 amide bonds. The lowest BCUT2D eigenvalue weighted by Crippen LogP contribution is -2.29. The number of unbranched alkanes of at least 4 members (excludes halogenated alkanes) is 2. The van der Waals surface area contributed by atoms with E-state index in [-0.39, 0.29) is 18.0 Å². The number of nitrogens with zero attached hydrogens (tertiary/aromatic N) is 3. The molecular weight excluding hydrogens is 286 g/mol. The van der Waals surface area contributed by atoms with Crippen LogP contribution in [0.3, 0.4) is 0 Å². The SMILES string of the molecule is CCCCN(CCCC)c1cc(=O)nc2ccccn12.Cl. The highest BCUT2D eigenvalue weighted by molar-refractivity contribution is 5.85. The van der Waals surface area contributed by atoms with Gasteiger partial charge in [0.05, 0.1) is 0 Å². The van der Waals surface area contributed by atoms with Crippen molar-refractivity contribution in [3.8, 4) is 0 Å². The number of hydrogen-bond acceptors (Lipinski definition) is 3. The van der Waals surface area contributed by atoms with Gasteiger partial charge in [0.15, 0.2) is 0 Å². The summed E-state index contributed by atoms with van der Waals surface area (Å²) in [5.74, 6) is 0.961. The van der Waals surface area contributed by atoms with Gasteiger partial charge < -0.3 is 4.90 Å². The van der Waals surface area contributed by atoms with Crippen molar-refractivity contribution < 1.29 is 0 Å². The van der Waals surface area contributed by atoms with Crippen molar-refractivity contribution in [2.75, 3.05) is 18.0 Å². The highest BCUT2D eigenvalue weighted by Gasteiger charge is 2.10. The number of anilines is 1. The Morgan fingerprint density at radius 3 is 2.43 bits per heavy atom. The van der Waals surface area contributed by atoms with Gasteiger partial charge in [0.25, 0.3) is 5.56 Å². The summed E-state index contributed by atoms with van der Waals surface area (Å²) in [6, 6.07) is 7.41. The molecule has 0 aliphatic carbocycles. The van der Waals surface area contributed by atoms with Crippen molar-refractivity contribution in [1.82, 2.24) is 9.38 Å². The number of rotatable bonds is 7. The van der Waals surface area contributed by atoms with Crippen LogP contribution in [0.15, 0.2) is 35.3 Å². The summed E-state index contributed by atoms with van der Waals surface area (Å²) in [5.41, 5.74) is 0.553.